The first-order chi connectivity index (χ1) is 9.36. The predicted molar refractivity (Wildman–Crippen MR) is 79.4 cm³/mol. The van der Waals surface area contributed by atoms with Crippen LogP contribution in [0.2, 0.25) is 0 Å². The highest BCUT2D eigenvalue weighted by atomic mass is 32.2. The first-order valence-electron chi connectivity index (χ1n) is 6.06. The molecule has 0 aliphatic carbocycles. The van der Waals surface area contributed by atoms with Crippen molar-refractivity contribution in [1.82, 2.24) is 5.43 Å². The number of thioether (sulfide) groups is 1. The molecule has 1 aliphatic rings. The Kier molecular flexibility index (Phi) is 3.42. The van der Waals surface area contributed by atoms with Gasteiger partial charge < -0.3 is 4.74 Å². The molecule has 0 unspecified atom stereocenters. The van der Waals surface area contributed by atoms with Crippen molar-refractivity contribution in [2.24, 2.45) is 5.10 Å². The molecule has 1 atom stereocenters. The monoisotopic (exact) mass is 270 g/mol. The molecule has 0 fully saturated rings. The van der Waals surface area contributed by atoms with Crippen molar-refractivity contribution in [1.29, 1.82) is 0 Å². The molecule has 2 aromatic carbocycles. The van der Waals surface area contributed by atoms with E-state index in [4.69, 9.17) is 4.74 Å². The Morgan fingerprint density at radius 1 is 1.11 bits per heavy atom. The summed E-state index contributed by atoms with van der Waals surface area (Å²) in [5, 5.41) is 5.57. The maximum atomic E-state index is 5.25. The average Bonchev–Trinajstić information content (AvgIpc) is 2.98. The minimum Gasteiger partial charge on any atom is -0.497 e. The molecular formula is C15H14N2OS. The van der Waals surface area contributed by atoms with Crippen LogP contribution in [0.5, 0.6) is 5.75 Å². The molecule has 96 valence electrons. The summed E-state index contributed by atoms with van der Waals surface area (Å²) in [7, 11) is 1.68. The number of hydrogen-bond donors (Lipinski definition) is 1. The first-order valence-corrected chi connectivity index (χ1v) is 6.94. The highest BCUT2D eigenvalue weighted by Gasteiger charge is 2.22. The third-order valence-electron chi connectivity index (χ3n) is 2.93. The second-order valence-electron chi connectivity index (χ2n) is 4.19. The molecule has 0 saturated heterocycles. The molecule has 0 spiro atoms. The molecule has 1 heterocycles. The van der Waals surface area contributed by atoms with Crippen LogP contribution in [0.3, 0.4) is 0 Å². The van der Waals surface area contributed by atoms with Gasteiger partial charge in [-0.2, -0.15) is 5.10 Å². The number of methoxy groups -OCH3 is 1. The SMILES string of the molecule is COc1cccc([C@H]2NN=C(c3ccccc3)S2)c1. The summed E-state index contributed by atoms with van der Waals surface area (Å²) in [5.74, 6) is 0.869. The Bertz CT molecular complexity index is 598. The van der Waals surface area contributed by atoms with E-state index in [0.717, 1.165) is 16.4 Å². The second kappa shape index (κ2) is 5.36. The van der Waals surface area contributed by atoms with E-state index >= 15 is 0 Å². The predicted octanol–water partition coefficient (Wildman–Crippen LogP) is 3.39. The van der Waals surface area contributed by atoms with Crippen molar-refractivity contribution in [2.75, 3.05) is 7.11 Å². The van der Waals surface area contributed by atoms with E-state index in [2.05, 4.69) is 28.7 Å². The number of ether oxygens (including phenoxy) is 1. The molecule has 19 heavy (non-hydrogen) atoms. The van der Waals surface area contributed by atoms with Gasteiger partial charge in [-0.25, -0.2) is 0 Å². The van der Waals surface area contributed by atoms with Crippen LogP contribution in [0.15, 0.2) is 59.7 Å². The molecule has 0 bridgehead atoms. The van der Waals surface area contributed by atoms with Crippen LogP contribution in [-0.4, -0.2) is 12.2 Å². The molecular weight excluding hydrogens is 256 g/mol. The zero-order valence-electron chi connectivity index (χ0n) is 10.5. The van der Waals surface area contributed by atoms with Crippen molar-refractivity contribution < 1.29 is 4.74 Å². The van der Waals surface area contributed by atoms with Crippen molar-refractivity contribution in [3.8, 4) is 5.75 Å². The van der Waals surface area contributed by atoms with Gasteiger partial charge in [0, 0.05) is 5.56 Å². The van der Waals surface area contributed by atoms with Gasteiger partial charge in [-0.1, -0.05) is 54.2 Å². The van der Waals surface area contributed by atoms with Gasteiger partial charge in [-0.15, -0.1) is 0 Å². The number of hydrazone groups is 1. The van der Waals surface area contributed by atoms with E-state index in [1.165, 1.54) is 5.56 Å². The lowest BCUT2D eigenvalue weighted by molar-refractivity contribution is 0.414. The summed E-state index contributed by atoms with van der Waals surface area (Å²) in [5.41, 5.74) is 5.48. The van der Waals surface area contributed by atoms with Gasteiger partial charge >= 0.3 is 0 Å². The van der Waals surface area contributed by atoms with Gasteiger partial charge in [0.25, 0.3) is 0 Å². The number of nitrogens with one attached hydrogen (secondary N) is 1. The van der Waals surface area contributed by atoms with Crippen LogP contribution in [0, 0.1) is 0 Å². The molecule has 2 aromatic rings. The van der Waals surface area contributed by atoms with Crippen LogP contribution in [0.4, 0.5) is 0 Å². The standard InChI is InChI=1S/C15H14N2OS/c1-18-13-9-5-8-12(10-13)15-17-16-14(19-15)11-6-3-2-4-7-11/h2-10,15,17H,1H3/t15-/m0/s1. The van der Waals surface area contributed by atoms with E-state index in [-0.39, 0.29) is 5.37 Å². The fourth-order valence-corrected chi connectivity index (χ4v) is 2.93. The average molecular weight is 270 g/mol. The number of benzene rings is 2. The fraction of sp³-hybridized carbons (Fsp3) is 0.133. The Morgan fingerprint density at radius 3 is 2.74 bits per heavy atom. The van der Waals surface area contributed by atoms with Crippen molar-refractivity contribution in [3.63, 3.8) is 0 Å². The maximum Gasteiger partial charge on any atom is 0.126 e. The van der Waals surface area contributed by atoms with Crippen molar-refractivity contribution in [2.45, 2.75) is 5.37 Å². The lowest BCUT2D eigenvalue weighted by Crippen LogP contribution is -2.06. The van der Waals surface area contributed by atoms with Crippen LogP contribution in [0.25, 0.3) is 0 Å². The van der Waals surface area contributed by atoms with E-state index in [1.54, 1.807) is 18.9 Å². The molecule has 1 aliphatic heterocycles. The van der Waals surface area contributed by atoms with Crippen LogP contribution in [0.1, 0.15) is 16.5 Å². The molecule has 1 N–H and O–H groups in total. The minimum atomic E-state index is 0.144. The van der Waals surface area contributed by atoms with Gasteiger partial charge in [0.15, 0.2) is 0 Å². The van der Waals surface area contributed by atoms with Gasteiger partial charge in [0.05, 0.1) is 7.11 Å². The Labute approximate surface area is 116 Å². The third-order valence-corrected chi connectivity index (χ3v) is 4.09. The largest absolute Gasteiger partial charge is 0.497 e. The number of rotatable bonds is 3. The molecule has 0 saturated carbocycles. The van der Waals surface area contributed by atoms with Crippen molar-refractivity contribution in [3.05, 3.63) is 65.7 Å². The molecule has 3 rings (SSSR count). The maximum absolute atomic E-state index is 5.25. The topological polar surface area (TPSA) is 33.6 Å². The first kappa shape index (κ1) is 12.1. The zero-order valence-corrected chi connectivity index (χ0v) is 11.4. The van der Waals surface area contributed by atoms with Gasteiger partial charge in [0.2, 0.25) is 0 Å². The van der Waals surface area contributed by atoms with E-state index < -0.39 is 0 Å². The Morgan fingerprint density at radius 2 is 1.95 bits per heavy atom. The molecule has 3 nitrogen and oxygen atoms in total. The highest BCUT2D eigenvalue weighted by Crippen LogP contribution is 2.35. The van der Waals surface area contributed by atoms with E-state index in [1.807, 2.05) is 36.4 Å². The Balaban J connectivity index is 1.77. The molecule has 0 amide bonds. The smallest absolute Gasteiger partial charge is 0.126 e. The normalized spacial score (nSPS) is 17.7. The summed E-state index contributed by atoms with van der Waals surface area (Å²) in [4.78, 5) is 0. The second-order valence-corrected chi connectivity index (χ2v) is 5.28. The van der Waals surface area contributed by atoms with Gasteiger partial charge in [-0.3, -0.25) is 5.43 Å². The number of hydrogen-bond acceptors (Lipinski definition) is 4. The summed E-state index contributed by atoms with van der Waals surface area (Å²) in [6.07, 6.45) is 0. The van der Waals surface area contributed by atoms with Crippen LogP contribution >= 0.6 is 11.8 Å². The van der Waals surface area contributed by atoms with Crippen LogP contribution < -0.4 is 10.2 Å². The molecule has 4 heteroatoms. The van der Waals surface area contributed by atoms with Gasteiger partial charge in [-0.05, 0) is 17.7 Å². The summed E-state index contributed by atoms with van der Waals surface area (Å²) in [6.45, 7) is 0. The van der Waals surface area contributed by atoms with Gasteiger partial charge in [0.1, 0.15) is 16.2 Å². The summed E-state index contributed by atoms with van der Waals surface area (Å²) in [6, 6.07) is 18.3. The number of nitrogens with zero attached hydrogens (tertiary/aromatic N) is 1. The molecule has 0 radical (unpaired) electrons. The Hall–Kier alpha value is -1.94. The summed E-state index contributed by atoms with van der Waals surface area (Å²) < 4.78 is 5.25. The third kappa shape index (κ3) is 2.58. The summed E-state index contributed by atoms with van der Waals surface area (Å²) >= 11 is 1.72. The van der Waals surface area contributed by atoms with Crippen LogP contribution in [-0.2, 0) is 0 Å². The lowest BCUT2D eigenvalue weighted by Gasteiger charge is -2.10. The quantitative estimate of drug-likeness (QED) is 0.928. The van der Waals surface area contributed by atoms with E-state index in [9.17, 15) is 0 Å². The van der Waals surface area contributed by atoms with Crippen molar-refractivity contribution >= 4 is 16.8 Å². The zero-order chi connectivity index (χ0) is 13.1. The minimum absolute atomic E-state index is 0.144. The lowest BCUT2D eigenvalue weighted by atomic mass is 10.2. The fourth-order valence-electron chi connectivity index (χ4n) is 1.94. The molecule has 0 aromatic heterocycles. The van der Waals surface area contributed by atoms with E-state index in [0.29, 0.717) is 0 Å². The highest BCUT2D eigenvalue weighted by molar-refractivity contribution is 8.14.